The van der Waals surface area contributed by atoms with Crippen molar-refractivity contribution in [3.63, 3.8) is 0 Å². The Kier molecular flexibility index (Phi) is 4.63. The zero-order chi connectivity index (χ0) is 17.2. The molecule has 1 saturated carbocycles. The zero-order valence-corrected chi connectivity index (χ0v) is 14.6. The van der Waals surface area contributed by atoms with E-state index in [0.717, 1.165) is 31.6 Å². The zero-order valence-electron chi connectivity index (χ0n) is 14.6. The lowest BCUT2D eigenvalue weighted by Gasteiger charge is -2.34. The third-order valence-electron chi connectivity index (χ3n) is 4.95. The van der Waals surface area contributed by atoms with Crippen molar-refractivity contribution in [2.24, 2.45) is 5.92 Å². The van der Waals surface area contributed by atoms with E-state index in [1.807, 2.05) is 23.1 Å². The molecule has 2 aliphatic rings. The van der Waals surface area contributed by atoms with E-state index in [4.69, 9.17) is 4.74 Å². The van der Waals surface area contributed by atoms with Crippen LogP contribution in [0.15, 0.2) is 30.6 Å². The van der Waals surface area contributed by atoms with Gasteiger partial charge >= 0.3 is 0 Å². The highest BCUT2D eigenvalue weighted by atomic mass is 16.5. The number of aromatic nitrogens is 2. The van der Waals surface area contributed by atoms with Crippen molar-refractivity contribution in [3.8, 4) is 0 Å². The smallest absolute Gasteiger partial charge is 0.274 e. The first kappa shape index (κ1) is 16.4. The maximum Gasteiger partial charge on any atom is 0.274 e. The van der Waals surface area contributed by atoms with Gasteiger partial charge in [0.25, 0.3) is 5.91 Å². The van der Waals surface area contributed by atoms with Crippen LogP contribution in [-0.4, -0.2) is 71.6 Å². The molecule has 1 saturated heterocycles. The molecule has 2 aromatic rings. The van der Waals surface area contributed by atoms with Gasteiger partial charge in [0.15, 0.2) is 5.69 Å². The molecule has 2 aromatic heterocycles. The molecule has 2 fully saturated rings. The molecular weight excluding hydrogens is 316 g/mol. The summed E-state index contributed by atoms with van der Waals surface area (Å²) in [6.07, 6.45) is 5.87. The minimum atomic E-state index is -0.0342. The van der Waals surface area contributed by atoms with Crippen molar-refractivity contribution < 1.29 is 9.53 Å². The van der Waals surface area contributed by atoms with Gasteiger partial charge in [0.1, 0.15) is 5.52 Å². The van der Waals surface area contributed by atoms with Crippen LogP contribution in [0.1, 0.15) is 23.3 Å². The maximum atomic E-state index is 13.2. The quantitative estimate of drug-likeness (QED) is 0.831. The minimum Gasteiger partial charge on any atom is -0.374 e. The molecule has 0 aromatic carbocycles. The van der Waals surface area contributed by atoms with E-state index in [-0.39, 0.29) is 12.0 Å². The van der Waals surface area contributed by atoms with Crippen LogP contribution in [0, 0.1) is 5.92 Å². The van der Waals surface area contributed by atoms with Gasteiger partial charge in [-0.15, -0.1) is 0 Å². The topological polar surface area (TPSA) is 58.6 Å². The van der Waals surface area contributed by atoms with Crippen molar-refractivity contribution in [3.05, 3.63) is 36.3 Å². The number of hydrogen-bond donors (Lipinski definition) is 0. The highest BCUT2D eigenvalue weighted by Gasteiger charge is 2.31. The van der Waals surface area contributed by atoms with Gasteiger partial charge in [0.05, 0.1) is 12.7 Å². The molecule has 0 bridgehead atoms. The number of rotatable bonds is 5. The SMILES string of the molecule is CN1CCOC(CN(CC2CC2)C(=O)c2nccc3cccnc23)C1. The number of hydrogen-bond acceptors (Lipinski definition) is 5. The summed E-state index contributed by atoms with van der Waals surface area (Å²) in [5.41, 5.74) is 1.13. The summed E-state index contributed by atoms with van der Waals surface area (Å²) >= 11 is 0. The number of carbonyl (C=O) groups excluding carboxylic acids is 1. The number of ether oxygens (including phenoxy) is 1. The number of amides is 1. The Morgan fingerprint density at radius 2 is 2.16 bits per heavy atom. The van der Waals surface area contributed by atoms with Gasteiger partial charge in [-0.2, -0.15) is 0 Å². The summed E-state index contributed by atoms with van der Waals surface area (Å²) in [7, 11) is 2.10. The third kappa shape index (κ3) is 3.80. The van der Waals surface area contributed by atoms with E-state index in [9.17, 15) is 4.79 Å². The van der Waals surface area contributed by atoms with Crippen LogP contribution < -0.4 is 0 Å². The Bertz CT molecular complexity index is 757. The highest BCUT2D eigenvalue weighted by molar-refractivity contribution is 6.03. The normalized spacial score (nSPS) is 21.4. The summed E-state index contributed by atoms with van der Waals surface area (Å²) < 4.78 is 5.88. The molecule has 1 atom stereocenters. The van der Waals surface area contributed by atoms with Crippen molar-refractivity contribution >= 4 is 16.8 Å². The third-order valence-corrected chi connectivity index (χ3v) is 4.95. The predicted octanol–water partition coefficient (Wildman–Crippen LogP) is 1.81. The summed E-state index contributed by atoms with van der Waals surface area (Å²) in [4.78, 5) is 26.2. The minimum absolute atomic E-state index is 0.0342. The Hall–Kier alpha value is -2.05. The molecule has 132 valence electrons. The molecule has 0 N–H and O–H groups in total. The number of carbonyl (C=O) groups is 1. The summed E-state index contributed by atoms with van der Waals surface area (Å²) in [6.45, 7) is 3.93. The average molecular weight is 340 g/mol. The van der Waals surface area contributed by atoms with Gasteiger partial charge < -0.3 is 14.5 Å². The highest BCUT2D eigenvalue weighted by Crippen LogP contribution is 2.30. The van der Waals surface area contributed by atoms with Gasteiger partial charge in [-0.1, -0.05) is 6.07 Å². The monoisotopic (exact) mass is 340 g/mol. The summed E-state index contributed by atoms with van der Waals surface area (Å²) in [5.74, 6) is 0.584. The lowest BCUT2D eigenvalue weighted by atomic mass is 10.1. The lowest BCUT2D eigenvalue weighted by Crippen LogP contribution is -2.48. The first-order chi connectivity index (χ1) is 12.2. The fourth-order valence-electron chi connectivity index (χ4n) is 3.39. The van der Waals surface area contributed by atoms with Crippen molar-refractivity contribution in [1.82, 2.24) is 19.8 Å². The molecule has 3 heterocycles. The van der Waals surface area contributed by atoms with Gasteiger partial charge in [0, 0.05) is 44.0 Å². The molecule has 6 nitrogen and oxygen atoms in total. The van der Waals surface area contributed by atoms with Crippen LogP contribution in [0.2, 0.25) is 0 Å². The molecule has 25 heavy (non-hydrogen) atoms. The van der Waals surface area contributed by atoms with E-state index in [2.05, 4.69) is 21.9 Å². The molecule has 1 amide bonds. The van der Waals surface area contributed by atoms with Crippen molar-refractivity contribution in [1.29, 1.82) is 0 Å². The van der Waals surface area contributed by atoms with E-state index in [1.165, 1.54) is 12.8 Å². The van der Waals surface area contributed by atoms with Gasteiger partial charge in [-0.05, 0) is 37.9 Å². The van der Waals surface area contributed by atoms with Crippen molar-refractivity contribution in [2.45, 2.75) is 18.9 Å². The largest absolute Gasteiger partial charge is 0.374 e. The number of fused-ring (bicyclic) bond motifs is 1. The first-order valence-corrected chi connectivity index (χ1v) is 9.00. The van der Waals surface area contributed by atoms with Crippen LogP contribution in [0.25, 0.3) is 10.9 Å². The average Bonchev–Trinajstić information content (AvgIpc) is 3.44. The van der Waals surface area contributed by atoms with Gasteiger partial charge in [0.2, 0.25) is 0 Å². The van der Waals surface area contributed by atoms with Gasteiger partial charge in [-0.3, -0.25) is 9.78 Å². The van der Waals surface area contributed by atoms with E-state index in [0.29, 0.717) is 23.7 Å². The predicted molar refractivity (Wildman–Crippen MR) is 95.4 cm³/mol. The molecule has 0 radical (unpaired) electrons. The molecule has 6 heteroatoms. The first-order valence-electron chi connectivity index (χ1n) is 9.00. The van der Waals surface area contributed by atoms with E-state index < -0.39 is 0 Å². The Morgan fingerprint density at radius 1 is 1.28 bits per heavy atom. The molecule has 1 aliphatic carbocycles. The van der Waals surface area contributed by atoms with E-state index >= 15 is 0 Å². The fourth-order valence-corrected chi connectivity index (χ4v) is 3.39. The molecule has 0 spiro atoms. The van der Waals surface area contributed by atoms with Gasteiger partial charge in [-0.25, -0.2) is 4.98 Å². The van der Waals surface area contributed by atoms with Crippen molar-refractivity contribution in [2.75, 3.05) is 39.8 Å². The summed E-state index contributed by atoms with van der Waals surface area (Å²) in [6, 6.07) is 5.74. The Balaban J connectivity index is 1.58. The van der Waals surface area contributed by atoms with E-state index in [1.54, 1.807) is 12.4 Å². The maximum absolute atomic E-state index is 13.2. The number of nitrogens with zero attached hydrogens (tertiary/aromatic N) is 4. The van der Waals surface area contributed by atoms with Crippen LogP contribution in [0.3, 0.4) is 0 Å². The molecular formula is C19H24N4O2. The Morgan fingerprint density at radius 3 is 2.96 bits per heavy atom. The Labute approximate surface area is 147 Å². The number of morpholine rings is 1. The molecule has 1 unspecified atom stereocenters. The van der Waals surface area contributed by atoms with Crippen LogP contribution in [0.5, 0.6) is 0 Å². The fraction of sp³-hybridized carbons (Fsp3) is 0.526. The van der Waals surface area contributed by atoms with Crippen LogP contribution >= 0.6 is 0 Å². The number of likely N-dealkylation sites (N-methyl/N-ethyl adjacent to an activating group) is 1. The number of pyridine rings is 2. The van der Waals surface area contributed by atoms with Crippen LogP contribution in [0.4, 0.5) is 0 Å². The lowest BCUT2D eigenvalue weighted by molar-refractivity contribution is -0.0331. The molecule has 1 aliphatic heterocycles. The standard InChI is InChI=1S/C19H24N4O2/c1-22-9-10-25-16(12-22)13-23(11-14-4-5-14)19(24)18-17-15(6-8-21-18)3-2-7-20-17/h2-3,6-8,14,16H,4-5,9-13H2,1H3. The summed E-state index contributed by atoms with van der Waals surface area (Å²) in [5, 5.41) is 0.945. The second-order valence-corrected chi connectivity index (χ2v) is 7.14. The molecule has 4 rings (SSSR count). The van der Waals surface area contributed by atoms with Crippen LogP contribution in [-0.2, 0) is 4.74 Å². The second-order valence-electron chi connectivity index (χ2n) is 7.14. The second kappa shape index (κ2) is 7.06.